The maximum absolute atomic E-state index is 11.4. The van der Waals surface area contributed by atoms with Gasteiger partial charge in [0.2, 0.25) is 0 Å². The van der Waals surface area contributed by atoms with Gasteiger partial charge in [0.25, 0.3) is 0 Å². The summed E-state index contributed by atoms with van der Waals surface area (Å²) in [6.45, 7) is 6.03. The van der Waals surface area contributed by atoms with Gasteiger partial charge in [-0.15, -0.1) is 11.8 Å². The minimum absolute atomic E-state index is 0.251. The fourth-order valence-corrected chi connectivity index (χ4v) is 3.03. The van der Waals surface area contributed by atoms with Crippen molar-refractivity contribution < 1.29 is 9.21 Å². The molecule has 0 fully saturated rings. The van der Waals surface area contributed by atoms with E-state index in [4.69, 9.17) is 10.3 Å². The molecule has 0 atom stereocenters. The van der Waals surface area contributed by atoms with Crippen LogP contribution in [-0.2, 0) is 5.75 Å². The Bertz CT molecular complexity index is 635. The van der Waals surface area contributed by atoms with Crippen LogP contribution < -0.4 is 11.3 Å². The molecule has 106 valence electrons. The Morgan fingerprint density at radius 2 is 2.05 bits per heavy atom. The molecular weight excluding hydrogens is 272 g/mol. The largest absolute Gasteiger partial charge is 0.456 e. The van der Waals surface area contributed by atoms with E-state index in [9.17, 15) is 4.79 Å². The van der Waals surface area contributed by atoms with E-state index in [0.717, 1.165) is 17.1 Å². The predicted octanol–water partition coefficient (Wildman–Crippen LogP) is 3.10. The van der Waals surface area contributed by atoms with E-state index in [2.05, 4.69) is 37.5 Å². The molecule has 20 heavy (non-hydrogen) atoms. The number of nitrogens with one attached hydrogen (secondary N) is 1. The number of nitrogens with two attached hydrogens (primary N) is 1. The molecule has 0 aliphatic heterocycles. The summed E-state index contributed by atoms with van der Waals surface area (Å²) in [5.74, 6) is 6.46. The molecule has 0 aliphatic rings. The van der Waals surface area contributed by atoms with Gasteiger partial charge in [0, 0.05) is 16.2 Å². The van der Waals surface area contributed by atoms with Gasteiger partial charge in [-0.1, -0.05) is 17.7 Å². The van der Waals surface area contributed by atoms with Gasteiger partial charge >= 0.3 is 5.91 Å². The molecule has 0 spiro atoms. The lowest BCUT2D eigenvalue weighted by Crippen LogP contribution is -2.29. The highest BCUT2D eigenvalue weighted by Crippen LogP contribution is 2.29. The van der Waals surface area contributed by atoms with Gasteiger partial charge in [-0.05, 0) is 38.5 Å². The second kappa shape index (κ2) is 6.15. The van der Waals surface area contributed by atoms with E-state index in [0.29, 0.717) is 0 Å². The first kappa shape index (κ1) is 14.7. The summed E-state index contributed by atoms with van der Waals surface area (Å²) >= 11 is 1.74. The standard InChI is InChI=1S/C15H18N2O2S/c1-9-4-5-10(2)14(6-9)20-8-12-7-13(15(18)17-16)19-11(12)3/h4-7H,8,16H2,1-3H3,(H,17,18). The Morgan fingerprint density at radius 3 is 2.75 bits per heavy atom. The van der Waals surface area contributed by atoms with Crippen molar-refractivity contribution in [2.24, 2.45) is 5.84 Å². The first-order valence-electron chi connectivity index (χ1n) is 6.31. The molecule has 1 aromatic heterocycles. The van der Waals surface area contributed by atoms with E-state index in [-0.39, 0.29) is 5.76 Å². The third-order valence-corrected chi connectivity index (χ3v) is 4.31. The number of aryl methyl sites for hydroxylation is 3. The molecule has 3 N–H and O–H groups in total. The van der Waals surface area contributed by atoms with Crippen LogP contribution in [0.2, 0.25) is 0 Å². The normalized spacial score (nSPS) is 10.6. The molecule has 5 heteroatoms. The van der Waals surface area contributed by atoms with Crippen LogP contribution in [0.15, 0.2) is 33.6 Å². The van der Waals surface area contributed by atoms with Crippen LogP contribution in [0.1, 0.15) is 33.0 Å². The van der Waals surface area contributed by atoms with Gasteiger partial charge in [-0.2, -0.15) is 0 Å². The summed E-state index contributed by atoms with van der Waals surface area (Å²) in [6, 6.07) is 8.14. The van der Waals surface area contributed by atoms with Crippen LogP contribution in [0, 0.1) is 20.8 Å². The highest BCUT2D eigenvalue weighted by atomic mass is 32.2. The van der Waals surface area contributed by atoms with Gasteiger partial charge in [0.05, 0.1) is 0 Å². The lowest BCUT2D eigenvalue weighted by Gasteiger charge is -2.06. The monoisotopic (exact) mass is 290 g/mol. The molecule has 2 aromatic rings. The Labute approximate surface area is 122 Å². The van der Waals surface area contributed by atoms with E-state index >= 15 is 0 Å². The number of rotatable bonds is 4. The summed E-state index contributed by atoms with van der Waals surface area (Å²) in [7, 11) is 0. The molecule has 0 saturated carbocycles. The fourth-order valence-electron chi connectivity index (χ4n) is 1.86. The van der Waals surface area contributed by atoms with Crippen molar-refractivity contribution in [2.75, 3.05) is 0 Å². The van der Waals surface area contributed by atoms with Crippen LogP contribution in [0.5, 0.6) is 0 Å². The number of hydrogen-bond donors (Lipinski definition) is 2. The van der Waals surface area contributed by atoms with Crippen LogP contribution >= 0.6 is 11.8 Å². The molecule has 1 heterocycles. The van der Waals surface area contributed by atoms with Crippen LogP contribution in [0.3, 0.4) is 0 Å². The molecule has 2 rings (SSSR count). The Hall–Kier alpha value is -1.72. The van der Waals surface area contributed by atoms with Crippen LogP contribution in [0.25, 0.3) is 0 Å². The maximum Gasteiger partial charge on any atom is 0.300 e. The van der Waals surface area contributed by atoms with Crippen molar-refractivity contribution in [3.05, 3.63) is 52.5 Å². The van der Waals surface area contributed by atoms with E-state index < -0.39 is 5.91 Å². The number of furan rings is 1. The number of benzene rings is 1. The summed E-state index contributed by atoms with van der Waals surface area (Å²) in [6.07, 6.45) is 0. The first-order chi connectivity index (χ1) is 9.51. The van der Waals surface area contributed by atoms with Crippen LogP contribution in [-0.4, -0.2) is 5.91 Å². The molecule has 0 unspecified atom stereocenters. The zero-order chi connectivity index (χ0) is 14.7. The summed E-state index contributed by atoms with van der Waals surface area (Å²) in [5, 5.41) is 0. The molecule has 0 saturated heterocycles. The first-order valence-corrected chi connectivity index (χ1v) is 7.30. The number of thioether (sulfide) groups is 1. The topological polar surface area (TPSA) is 68.3 Å². The smallest absolute Gasteiger partial charge is 0.300 e. The van der Waals surface area contributed by atoms with Crippen molar-refractivity contribution in [3.8, 4) is 0 Å². The second-order valence-corrected chi connectivity index (χ2v) is 5.74. The van der Waals surface area contributed by atoms with Crippen LogP contribution in [0.4, 0.5) is 0 Å². The van der Waals surface area contributed by atoms with Crippen molar-refractivity contribution in [1.82, 2.24) is 5.43 Å². The average molecular weight is 290 g/mol. The maximum atomic E-state index is 11.4. The van der Waals surface area contributed by atoms with Crippen molar-refractivity contribution in [3.63, 3.8) is 0 Å². The average Bonchev–Trinajstić information content (AvgIpc) is 2.80. The molecule has 0 radical (unpaired) electrons. The highest BCUT2D eigenvalue weighted by molar-refractivity contribution is 7.98. The quantitative estimate of drug-likeness (QED) is 0.393. The highest BCUT2D eigenvalue weighted by Gasteiger charge is 2.13. The second-order valence-electron chi connectivity index (χ2n) is 4.72. The zero-order valence-corrected chi connectivity index (χ0v) is 12.6. The Balaban J connectivity index is 2.13. The summed E-state index contributed by atoms with van der Waals surface area (Å²) in [5.41, 5.74) is 5.57. The molecule has 0 bridgehead atoms. The predicted molar refractivity (Wildman–Crippen MR) is 80.6 cm³/mol. The number of nitrogen functional groups attached to an aromatic ring is 1. The van der Waals surface area contributed by atoms with Gasteiger partial charge in [0.1, 0.15) is 5.76 Å². The number of carbonyl (C=O) groups is 1. The molecular formula is C15H18N2O2S. The number of hydrogen-bond acceptors (Lipinski definition) is 4. The Kier molecular flexibility index (Phi) is 4.52. The van der Waals surface area contributed by atoms with Crippen molar-refractivity contribution in [2.45, 2.75) is 31.4 Å². The van der Waals surface area contributed by atoms with Crippen molar-refractivity contribution >= 4 is 17.7 Å². The van der Waals surface area contributed by atoms with Gasteiger partial charge in [-0.3, -0.25) is 10.2 Å². The van der Waals surface area contributed by atoms with Gasteiger partial charge in [-0.25, -0.2) is 5.84 Å². The van der Waals surface area contributed by atoms with E-state index in [1.54, 1.807) is 17.8 Å². The minimum atomic E-state index is -0.406. The number of hydrazine groups is 1. The summed E-state index contributed by atoms with van der Waals surface area (Å²) in [4.78, 5) is 12.7. The third kappa shape index (κ3) is 3.23. The van der Waals surface area contributed by atoms with E-state index in [1.165, 1.54) is 16.0 Å². The molecule has 4 nitrogen and oxygen atoms in total. The molecule has 1 aromatic carbocycles. The number of carbonyl (C=O) groups excluding carboxylic acids is 1. The minimum Gasteiger partial charge on any atom is -0.456 e. The third-order valence-electron chi connectivity index (χ3n) is 3.10. The Morgan fingerprint density at radius 1 is 1.30 bits per heavy atom. The zero-order valence-electron chi connectivity index (χ0n) is 11.8. The molecule has 1 amide bonds. The van der Waals surface area contributed by atoms with Gasteiger partial charge < -0.3 is 4.42 Å². The van der Waals surface area contributed by atoms with Crippen molar-refractivity contribution in [1.29, 1.82) is 0 Å². The summed E-state index contributed by atoms with van der Waals surface area (Å²) < 4.78 is 5.40. The molecule has 0 aliphatic carbocycles. The fraction of sp³-hybridized carbons (Fsp3) is 0.267. The number of amides is 1. The SMILES string of the molecule is Cc1ccc(C)c(SCc2cc(C(=O)NN)oc2C)c1. The van der Waals surface area contributed by atoms with E-state index in [1.807, 2.05) is 6.92 Å². The van der Waals surface area contributed by atoms with Gasteiger partial charge in [0.15, 0.2) is 5.76 Å². The lowest BCUT2D eigenvalue weighted by molar-refractivity contribution is 0.0924. The lowest BCUT2D eigenvalue weighted by atomic mass is 10.2.